The van der Waals surface area contributed by atoms with Gasteiger partial charge in [-0.25, -0.2) is 0 Å². The molecular weight excluding hydrogens is 374 g/mol. The lowest BCUT2D eigenvalue weighted by molar-refractivity contribution is 0.183. The molecule has 0 amide bonds. The third-order valence-electron chi connectivity index (χ3n) is 5.30. The van der Waals surface area contributed by atoms with Crippen LogP contribution in [-0.2, 0) is 0 Å². The molecular formula is C23H24ClNO3. The highest BCUT2D eigenvalue weighted by Gasteiger charge is 2.14. The van der Waals surface area contributed by atoms with E-state index in [0.29, 0.717) is 33.9 Å². The van der Waals surface area contributed by atoms with Crippen molar-refractivity contribution in [3.63, 3.8) is 0 Å². The standard InChI is InChI=1S/C23H24ClNO3/c1-16-22(17-5-7-18(24)8-6-17)23(26)20-10-9-19(15-21(20)28-16)27-14-13-25-11-3-2-4-12-25/h5-10,15H,2-4,11-14H2,1H3. The normalized spacial score (nSPS) is 15.1. The minimum Gasteiger partial charge on any atom is -0.492 e. The van der Waals surface area contributed by atoms with Crippen molar-refractivity contribution < 1.29 is 9.15 Å². The van der Waals surface area contributed by atoms with E-state index in [9.17, 15) is 4.79 Å². The Kier molecular flexibility index (Phi) is 5.69. The van der Waals surface area contributed by atoms with Gasteiger partial charge in [0.1, 0.15) is 23.7 Å². The molecule has 146 valence electrons. The Morgan fingerprint density at radius 3 is 2.57 bits per heavy atom. The molecule has 1 aromatic heterocycles. The molecule has 3 aromatic rings. The molecule has 0 spiro atoms. The largest absolute Gasteiger partial charge is 0.492 e. The molecule has 4 rings (SSSR count). The number of piperidine rings is 1. The SMILES string of the molecule is Cc1oc2cc(OCCN3CCCCC3)ccc2c(=O)c1-c1ccc(Cl)cc1. The second-order valence-electron chi connectivity index (χ2n) is 7.28. The predicted molar refractivity (Wildman–Crippen MR) is 113 cm³/mol. The third kappa shape index (κ3) is 4.08. The molecule has 0 atom stereocenters. The molecule has 28 heavy (non-hydrogen) atoms. The van der Waals surface area contributed by atoms with Crippen LogP contribution in [0.5, 0.6) is 5.75 Å². The molecule has 0 N–H and O–H groups in total. The second kappa shape index (κ2) is 8.38. The summed E-state index contributed by atoms with van der Waals surface area (Å²) in [6.07, 6.45) is 3.88. The summed E-state index contributed by atoms with van der Waals surface area (Å²) < 4.78 is 11.9. The number of fused-ring (bicyclic) bond motifs is 1. The van der Waals surface area contributed by atoms with Crippen molar-refractivity contribution in [2.24, 2.45) is 0 Å². The maximum atomic E-state index is 13.0. The number of hydrogen-bond acceptors (Lipinski definition) is 4. The zero-order chi connectivity index (χ0) is 19.5. The maximum absolute atomic E-state index is 13.0. The van der Waals surface area contributed by atoms with Crippen LogP contribution in [-0.4, -0.2) is 31.1 Å². The summed E-state index contributed by atoms with van der Waals surface area (Å²) in [5, 5.41) is 1.19. The molecule has 1 fully saturated rings. The number of ether oxygens (including phenoxy) is 1. The molecule has 1 saturated heterocycles. The van der Waals surface area contributed by atoms with Crippen molar-refractivity contribution in [2.75, 3.05) is 26.2 Å². The number of benzene rings is 2. The van der Waals surface area contributed by atoms with Crippen molar-refractivity contribution in [1.82, 2.24) is 4.90 Å². The summed E-state index contributed by atoms with van der Waals surface area (Å²) in [6, 6.07) is 12.7. The van der Waals surface area contributed by atoms with Gasteiger partial charge in [-0.1, -0.05) is 30.2 Å². The number of aryl methyl sites for hydroxylation is 1. The zero-order valence-corrected chi connectivity index (χ0v) is 16.8. The quantitative estimate of drug-likeness (QED) is 0.587. The molecule has 5 heteroatoms. The number of halogens is 1. The lowest BCUT2D eigenvalue weighted by Crippen LogP contribution is -2.33. The first-order chi connectivity index (χ1) is 13.6. The van der Waals surface area contributed by atoms with Crippen LogP contribution in [0.4, 0.5) is 0 Å². The second-order valence-corrected chi connectivity index (χ2v) is 7.71. The predicted octanol–water partition coefficient (Wildman–Crippen LogP) is 5.29. The van der Waals surface area contributed by atoms with Gasteiger partial charge in [0.2, 0.25) is 5.43 Å². The average Bonchev–Trinajstić information content (AvgIpc) is 2.70. The molecule has 2 heterocycles. The van der Waals surface area contributed by atoms with Gasteiger partial charge in [-0.2, -0.15) is 0 Å². The zero-order valence-electron chi connectivity index (χ0n) is 16.0. The Balaban J connectivity index is 1.56. The van der Waals surface area contributed by atoms with Crippen LogP contribution >= 0.6 is 11.6 Å². The van der Waals surface area contributed by atoms with Crippen LogP contribution in [0, 0.1) is 6.92 Å². The van der Waals surface area contributed by atoms with Crippen molar-refractivity contribution in [3.05, 3.63) is 63.5 Å². The fraction of sp³-hybridized carbons (Fsp3) is 0.348. The fourth-order valence-electron chi connectivity index (χ4n) is 3.80. The van der Waals surface area contributed by atoms with Gasteiger partial charge in [0.25, 0.3) is 0 Å². The van der Waals surface area contributed by atoms with Gasteiger partial charge >= 0.3 is 0 Å². The molecule has 0 radical (unpaired) electrons. The Morgan fingerprint density at radius 1 is 1.07 bits per heavy atom. The highest BCUT2D eigenvalue weighted by Crippen LogP contribution is 2.27. The molecule has 0 aliphatic carbocycles. The van der Waals surface area contributed by atoms with Gasteiger partial charge in [-0.3, -0.25) is 9.69 Å². The lowest BCUT2D eigenvalue weighted by Gasteiger charge is -2.26. The Hall–Kier alpha value is -2.30. The molecule has 2 aromatic carbocycles. The summed E-state index contributed by atoms with van der Waals surface area (Å²) in [6.45, 7) is 5.69. The van der Waals surface area contributed by atoms with E-state index in [-0.39, 0.29) is 5.43 Å². The van der Waals surface area contributed by atoms with Gasteiger partial charge in [0.15, 0.2) is 0 Å². The smallest absolute Gasteiger partial charge is 0.200 e. The average molecular weight is 398 g/mol. The van der Waals surface area contributed by atoms with E-state index in [1.54, 1.807) is 18.2 Å². The Morgan fingerprint density at radius 2 is 1.82 bits per heavy atom. The lowest BCUT2D eigenvalue weighted by atomic mass is 10.0. The van der Waals surface area contributed by atoms with Crippen molar-refractivity contribution in [3.8, 4) is 16.9 Å². The first-order valence-corrected chi connectivity index (χ1v) is 10.2. The minimum atomic E-state index is -0.0408. The van der Waals surface area contributed by atoms with Gasteiger partial charge in [-0.05, 0) is 62.7 Å². The fourth-order valence-corrected chi connectivity index (χ4v) is 3.93. The molecule has 1 aliphatic heterocycles. The first-order valence-electron chi connectivity index (χ1n) is 9.80. The van der Waals surface area contributed by atoms with Gasteiger partial charge < -0.3 is 9.15 Å². The van der Waals surface area contributed by atoms with Crippen LogP contribution in [0.25, 0.3) is 22.1 Å². The van der Waals surface area contributed by atoms with Crippen LogP contribution in [0.2, 0.25) is 5.02 Å². The minimum absolute atomic E-state index is 0.0408. The van der Waals surface area contributed by atoms with Crippen LogP contribution in [0.15, 0.2) is 51.7 Å². The number of likely N-dealkylation sites (tertiary alicyclic amines) is 1. The Bertz CT molecular complexity index is 1020. The van der Waals surface area contributed by atoms with E-state index >= 15 is 0 Å². The van der Waals surface area contributed by atoms with Crippen LogP contribution < -0.4 is 10.2 Å². The highest BCUT2D eigenvalue weighted by atomic mass is 35.5. The summed E-state index contributed by atoms with van der Waals surface area (Å²) in [4.78, 5) is 15.5. The summed E-state index contributed by atoms with van der Waals surface area (Å²) in [5.41, 5.74) is 1.89. The van der Waals surface area contributed by atoms with Crippen molar-refractivity contribution >= 4 is 22.6 Å². The van der Waals surface area contributed by atoms with Crippen molar-refractivity contribution in [1.29, 1.82) is 0 Å². The first kappa shape index (κ1) is 19.0. The van der Waals surface area contributed by atoms with Gasteiger partial charge in [0, 0.05) is 17.6 Å². The molecule has 0 bridgehead atoms. The third-order valence-corrected chi connectivity index (χ3v) is 5.55. The maximum Gasteiger partial charge on any atom is 0.200 e. The summed E-state index contributed by atoms with van der Waals surface area (Å²) in [7, 11) is 0. The van der Waals surface area contributed by atoms with E-state index < -0.39 is 0 Å². The number of rotatable bonds is 5. The van der Waals surface area contributed by atoms with Crippen LogP contribution in [0.1, 0.15) is 25.0 Å². The topological polar surface area (TPSA) is 42.7 Å². The van der Waals surface area contributed by atoms with E-state index in [2.05, 4.69) is 4.90 Å². The van der Waals surface area contributed by atoms with Crippen LogP contribution in [0.3, 0.4) is 0 Å². The molecule has 1 aliphatic rings. The van der Waals surface area contributed by atoms with Gasteiger partial charge in [-0.15, -0.1) is 0 Å². The van der Waals surface area contributed by atoms with E-state index in [4.69, 9.17) is 20.8 Å². The van der Waals surface area contributed by atoms with Gasteiger partial charge in [0.05, 0.1) is 10.9 Å². The van der Waals surface area contributed by atoms with E-state index in [1.807, 2.05) is 31.2 Å². The summed E-state index contributed by atoms with van der Waals surface area (Å²) >= 11 is 5.96. The number of nitrogens with zero attached hydrogens (tertiary/aromatic N) is 1. The summed E-state index contributed by atoms with van der Waals surface area (Å²) in [5.74, 6) is 1.32. The van der Waals surface area contributed by atoms with E-state index in [1.165, 1.54) is 19.3 Å². The number of hydrogen-bond donors (Lipinski definition) is 0. The monoisotopic (exact) mass is 397 g/mol. The van der Waals surface area contributed by atoms with Crippen molar-refractivity contribution in [2.45, 2.75) is 26.2 Å². The highest BCUT2D eigenvalue weighted by molar-refractivity contribution is 6.30. The van der Waals surface area contributed by atoms with E-state index in [0.717, 1.165) is 30.9 Å². The molecule has 0 unspecified atom stereocenters. The molecule has 4 nitrogen and oxygen atoms in total. The Labute approximate surface area is 169 Å². The molecule has 0 saturated carbocycles.